The van der Waals surface area contributed by atoms with Gasteiger partial charge in [-0.1, -0.05) is 13.0 Å². The number of nitrogens with zero attached hydrogens (tertiary/aromatic N) is 2. The van der Waals surface area contributed by atoms with Crippen LogP contribution in [0.5, 0.6) is 0 Å². The molecule has 0 bridgehead atoms. The lowest BCUT2D eigenvalue weighted by Crippen LogP contribution is -2.27. The van der Waals surface area contributed by atoms with E-state index in [0.29, 0.717) is 0 Å². The number of nitrogens with two attached hydrogens (primary N) is 1. The molecule has 17 heavy (non-hydrogen) atoms. The average molecular weight is 233 g/mol. The van der Waals surface area contributed by atoms with E-state index in [1.165, 1.54) is 25.8 Å². The first kappa shape index (κ1) is 12.4. The molecule has 1 heterocycles. The van der Waals surface area contributed by atoms with E-state index in [0.717, 1.165) is 23.8 Å². The van der Waals surface area contributed by atoms with E-state index in [1.807, 2.05) is 13.1 Å². The lowest BCUT2D eigenvalue weighted by Gasteiger charge is -2.23. The number of aromatic nitrogens is 1. The van der Waals surface area contributed by atoms with Gasteiger partial charge in [-0.15, -0.1) is 0 Å². The van der Waals surface area contributed by atoms with Crippen LogP contribution in [-0.4, -0.2) is 18.1 Å². The Morgan fingerprint density at radius 2 is 2.24 bits per heavy atom. The van der Waals surface area contributed by atoms with E-state index in [1.54, 1.807) is 0 Å². The molecule has 1 aromatic heterocycles. The summed E-state index contributed by atoms with van der Waals surface area (Å²) in [4.78, 5) is 6.95. The van der Waals surface area contributed by atoms with Gasteiger partial charge in [-0.05, 0) is 43.7 Å². The molecule has 0 amide bonds. The molecule has 3 heteroatoms. The highest BCUT2D eigenvalue weighted by atomic mass is 15.2. The molecule has 0 aliphatic heterocycles. The van der Waals surface area contributed by atoms with Crippen molar-refractivity contribution in [3.8, 4) is 0 Å². The molecule has 94 valence electrons. The highest BCUT2D eigenvalue weighted by molar-refractivity contribution is 5.40. The molecule has 1 aromatic rings. The summed E-state index contributed by atoms with van der Waals surface area (Å²) in [6.45, 7) is 6.47. The monoisotopic (exact) mass is 233 g/mol. The molecule has 0 aromatic carbocycles. The van der Waals surface area contributed by atoms with Crippen molar-refractivity contribution in [1.29, 1.82) is 0 Å². The van der Waals surface area contributed by atoms with Gasteiger partial charge in [-0.25, -0.2) is 4.98 Å². The van der Waals surface area contributed by atoms with Gasteiger partial charge in [0.05, 0.1) is 0 Å². The summed E-state index contributed by atoms with van der Waals surface area (Å²) in [6, 6.07) is 4.28. The van der Waals surface area contributed by atoms with Crippen LogP contribution in [0.4, 0.5) is 5.82 Å². The maximum Gasteiger partial charge on any atom is 0.128 e. The van der Waals surface area contributed by atoms with Gasteiger partial charge < -0.3 is 10.6 Å². The predicted octanol–water partition coefficient (Wildman–Crippen LogP) is 2.73. The van der Waals surface area contributed by atoms with Crippen LogP contribution in [0.3, 0.4) is 0 Å². The number of hydrogen-bond donors (Lipinski definition) is 1. The van der Waals surface area contributed by atoms with Crippen molar-refractivity contribution in [1.82, 2.24) is 4.98 Å². The summed E-state index contributed by atoms with van der Waals surface area (Å²) in [7, 11) is 0. The summed E-state index contributed by atoms with van der Waals surface area (Å²) in [5, 5.41) is 0. The van der Waals surface area contributed by atoms with Crippen LogP contribution in [0, 0.1) is 5.92 Å². The highest BCUT2D eigenvalue weighted by Gasteiger charge is 2.24. The van der Waals surface area contributed by atoms with Crippen LogP contribution in [0.1, 0.15) is 44.7 Å². The summed E-state index contributed by atoms with van der Waals surface area (Å²) < 4.78 is 0. The molecule has 1 aliphatic rings. The SMILES string of the molecule is CCCN(CC1CC1)c1ccc([C@@H](C)N)cn1. The van der Waals surface area contributed by atoms with Crippen molar-refractivity contribution in [3.05, 3.63) is 23.9 Å². The second-order valence-electron chi connectivity index (χ2n) is 5.13. The van der Waals surface area contributed by atoms with E-state index >= 15 is 0 Å². The summed E-state index contributed by atoms with van der Waals surface area (Å²) >= 11 is 0. The zero-order chi connectivity index (χ0) is 12.3. The van der Waals surface area contributed by atoms with Crippen LogP contribution in [0.2, 0.25) is 0 Å². The maximum atomic E-state index is 5.84. The van der Waals surface area contributed by atoms with E-state index < -0.39 is 0 Å². The molecule has 3 nitrogen and oxygen atoms in total. The van der Waals surface area contributed by atoms with Gasteiger partial charge in [0.25, 0.3) is 0 Å². The Kier molecular flexibility index (Phi) is 4.00. The quantitative estimate of drug-likeness (QED) is 0.821. The van der Waals surface area contributed by atoms with Gasteiger partial charge in [-0.2, -0.15) is 0 Å². The average Bonchev–Trinajstić information content (AvgIpc) is 3.13. The number of pyridine rings is 1. The predicted molar refractivity (Wildman–Crippen MR) is 72.1 cm³/mol. The second-order valence-corrected chi connectivity index (χ2v) is 5.13. The van der Waals surface area contributed by atoms with Gasteiger partial charge >= 0.3 is 0 Å². The van der Waals surface area contributed by atoms with Crippen molar-refractivity contribution in [2.45, 2.75) is 39.2 Å². The van der Waals surface area contributed by atoms with Crippen LogP contribution in [0.15, 0.2) is 18.3 Å². The number of hydrogen-bond acceptors (Lipinski definition) is 3. The van der Waals surface area contributed by atoms with Crippen molar-refractivity contribution >= 4 is 5.82 Å². The first-order valence-electron chi connectivity index (χ1n) is 6.67. The number of rotatable bonds is 6. The fourth-order valence-electron chi connectivity index (χ4n) is 2.04. The van der Waals surface area contributed by atoms with E-state index in [-0.39, 0.29) is 6.04 Å². The Morgan fingerprint density at radius 3 is 2.71 bits per heavy atom. The molecule has 0 spiro atoms. The normalized spacial score (nSPS) is 16.9. The third kappa shape index (κ3) is 3.43. The molecular weight excluding hydrogens is 210 g/mol. The Balaban J connectivity index is 2.05. The number of anilines is 1. The van der Waals surface area contributed by atoms with Crippen LogP contribution in [-0.2, 0) is 0 Å². The van der Waals surface area contributed by atoms with Crippen molar-refractivity contribution in [3.63, 3.8) is 0 Å². The zero-order valence-electron chi connectivity index (χ0n) is 10.9. The van der Waals surface area contributed by atoms with E-state index in [9.17, 15) is 0 Å². The smallest absolute Gasteiger partial charge is 0.128 e. The largest absolute Gasteiger partial charge is 0.356 e. The van der Waals surface area contributed by atoms with E-state index in [4.69, 9.17) is 5.73 Å². The van der Waals surface area contributed by atoms with Gasteiger partial charge in [0.15, 0.2) is 0 Å². The second kappa shape index (κ2) is 5.50. The molecule has 1 aliphatic carbocycles. The van der Waals surface area contributed by atoms with Crippen LogP contribution < -0.4 is 10.6 Å². The first-order chi connectivity index (χ1) is 8.20. The molecule has 0 unspecified atom stereocenters. The topological polar surface area (TPSA) is 42.1 Å². The van der Waals surface area contributed by atoms with Gasteiger partial charge in [-0.3, -0.25) is 0 Å². The molecule has 0 radical (unpaired) electrons. The molecule has 0 saturated heterocycles. The van der Waals surface area contributed by atoms with Crippen LogP contribution in [0.25, 0.3) is 0 Å². The molecular formula is C14H23N3. The summed E-state index contributed by atoms with van der Waals surface area (Å²) in [5.41, 5.74) is 6.94. The Hall–Kier alpha value is -1.09. The third-order valence-electron chi connectivity index (χ3n) is 3.29. The maximum absolute atomic E-state index is 5.84. The lowest BCUT2D eigenvalue weighted by molar-refractivity contribution is 0.697. The van der Waals surface area contributed by atoms with Crippen molar-refractivity contribution in [2.24, 2.45) is 11.7 Å². The van der Waals surface area contributed by atoms with Gasteiger partial charge in [0, 0.05) is 25.3 Å². The molecule has 2 rings (SSSR count). The van der Waals surface area contributed by atoms with Gasteiger partial charge in [0.2, 0.25) is 0 Å². The highest BCUT2D eigenvalue weighted by Crippen LogP contribution is 2.31. The molecule has 1 atom stereocenters. The van der Waals surface area contributed by atoms with Crippen LogP contribution >= 0.6 is 0 Å². The summed E-state index contributed by atoms with van der Waals surface area (Å²) in [5.74, 6) is 2.00. The molecule has 2 N–H and O–H groups in total. The fourth-order valence-corrected chi connectivity index (χ4v) is 2.04. The fraction of sp³-hybridized carbons (Fsp3) is 0.643. The zero-order valence-corrected chi connectivity index (χ0v) is 10.9. The minimum absolute atomic E-state index is 0.0691. The van der Waals surface area contributed by atoms with Gasteiger partial charge in [0.1, 0.15) is 5.82 Å². The molecule has 1 fully saturated rings. The van der Waals surface area contributed by atoms with Crippen molar-refractivity contribution in [2.75, 3.05) is 18.0 Å². The Bertz CT molecular complexity index is 341. The minimum atomic E-state index is 0.0691. The summed E-state index contributed by atoms with van der Waals surface area (Å²) in [6.07, 6.45) is 5.86. The Labute approximate surface area is 104 Å². The van der Waals surface area contributed by atoms with Crippen molar-refractivity contribution < 1.29 is 0 Å². The molecule has 1 saturated carbocycles. The standard InChI is InChI=1S/C14H23N3/c1-3-8-17(10-12-4-5-12)14-7-6-13(9-16-14)11(2)15/h6-7,9,11-12H,3-5,8,10,15H2,1-2H3/t11-/m1/s1. The minimum Gasteiger partial charge on any atom is -0.356 e. The first-order valence-corrected chi connectivity index (χ1v) is 6.67. The Morgan fingerprint density at radius 1 is 1.47 bits per heavy atom. The van der Waals surface area contributed by atoms with E-state index in [2.05, 4.69) is 28.9 Å². The third-order valence-corrected chi connectivity index (χ3v) is 3.29. The lowest BCUT2D eigenvalue weighted by atomic mass is 10.1.